The average Bonchev–Trinajstić information content (AvgIpc) is 2.69. The molecule has 1 N–H and O–H groups in total. The maximum Gasteiger partial charge on any atom is 0.138 e. The van der Waals surface area contributed by atoms with Crippen LogP contribution in [0.5, 0.6) is 0 Å². The van der Waals surface area contributed by atoms with Crippen molar-refractivity contribution < 1.29 is 0 Å². The normalized spacial score (nSPS) is 21.1. The molecule has 1 aromatic rings. The molecule has 0 radical (unpaired) electrons. The standard InChI is InChI=1S/C9H11BrIN3/c10-8-2-1-3-9(13-8)14(11)7-4-5-12-6-7/h1-3,7,12H,4-6H2/t7-/m0/s1. The molecule has 1 fully saturated rings. The SMILES string of the molecule is Brc1cccc(N(I)[C@H]2CCNC2)n1. The average molecular weight is 368 g/mol. The predicted octanol–water partition coefficient (Wildman–Crippen LogP) is 2.36. The molecule has 2 heterocycles. The Bertz CT molecular complexity index is 315. The van der Waals surface area contributed by atoms with Gasteiger partial charge < -0.3 is 5.32 Å². The second-order valence-corrected chi connectivity index (χ2v) is 5.13. The molecule has 0 amide bonds. The van der Waals surface area contributed by atoms with E-state index in [0.717, 1.165) is 23.5 Å². The number of rotatable bonds is 2. The molecular weight excluding hydrogens is 357 g/mol. The lowest BCUT2D eigenvalue weighted by Crippen LogP contribution is -2.28. The number of aromatic nitrogens is 1. The van der Waals surface area contributed by atoms with E-state index in [9.17, 15) is 0 Å². The monoisotopic (exact) mass is 367 g/mol. The van der Waals surface area contributed by atoms with E-state index >= 15 is 0 Å². The molecule has 1 aromatic heterocycles. The Morgan fingerprint density at radius 3 is 3.07 bits per heavy atom. The van der Waals surface area contributed by atoms with Crippen LogP contribution in [0.3, 0.4) is 0 Å². The van der Waals surface area contributed by atoms with Crippen molar-refractivity contribution in [3.63, 3.8) is 0 Å². The van der Waals surface area contributed by atoms with Crippen LogP contribution < -0.4 is 8.43 Å². The number of pyridine rings is 1. The summed E-state index contributed by atoms with van der Waals surface area (Å²) >= 11 is 5.72. The maximum atomic E-state index is 4.42. The first-order valence-electron chi connectivity index (χ1n) is 4.55. The minimum absolute atomic E-state index is 0.567. The van der Waals surface area contributed by atoms with Crippen LogP contribution in [0.15, 0.2) is 22.8 Å². The molecular formula is C9H11BrIN3. The second-order valence-electron chi connectivity index (χ2n) is 3.28. The van der Waals surface area contributed by atoms with Crippen molar-refractivity contribution in [3.8, 4) is 0 Å². The van der Waals surface area contributed by atoms with Crippen LogP contribution in [0.2, 0.25) is 0 Å². The number of halogens is 2. The maximum absolute atomic E-state index is 4.42. The molecule has 3 nitrogen and oxygen atoms in total. The summed E-state index contributed by atoms with van der Waals surface area (Å²) in [5, 5.41) is 3.35. The lowest BCUT2D eigenvalue weighted by atomic mass is 10.2. The Labute approximate surface area is 106 Å². The Morgan fingerprint density at radius 2 is 2.43 bits per heavy atom. The van der Waals surface area contributed by atoms with Gasteiger partial charge in [0.15, 0.2) is 0 Å². The van der Waals surface area contributed by atoms with E-state index in [0.29, 0.717) is 6.04 Å². The summed E-state index contributed by atoms with van der Waals surface area (Å²) in [6, 6.07) is 6.56. The number of anilines is 1. The van der Waals surface area contributed by atoms with Crippen molar-refractivity contribution in [2.24, 2.45) is 0 Å². The topological polar surface area (TPSA) is 28.2 Å². The van der Waals surface area contributed by atoms with Crippen LogP contribution in [0.4, 0.5) is 5.82 Å². The summed E-state index contributed by atoms with van der Waals surface area (Å²) in [4.78, 5) is 4.42. The van der Waals surface area contributed by atoms with E-state index in [4.69, 9.17) is 0 Å². The van der Waals surface area contributed by atoms with Crippen LogP contribution >= 0.6 is 38.8 Å². The van der Waals surface area contributed by atoms with Gasteiger partial charge in [-0.05, 0) is 41.0 Å². The van der Waals surface area contributed by atoms with Crippen molar-refractivity contribution in [1.29, 1.82) is 0 Å². The third-order valence-corrected chi connectivity index (χ3v) is 4.00. The van der Waals surface area contributed by atoms with Crippen molar-refractivity contribution in [2.45, 2.75) is 12.5 Å². The molecule has 1 aliphatic rings. The minimum Gasteiger partial charge on any atom is -0.315 e. The van der Waals surface area contributed by atoms with Crippen molar-refractivity contribution in [3.05, 3.63) is 22.8 Å². The largest absolute Gasteiger partial charge is 0.315 e. The van der Waals surface area contributed by atoms with E-state index in [1.54, 1.807) is 0 Å². The summed E-state index contributed by atoms with van der Waals surface area (Å²) in [7, 11) is 0. The molecule has 5 heteroatoms. The van der Waals surface area contributed by atoms with E-state index < -0.39 is 0 Å². The summed E-state index contributed by atoms with van der Waals surface area (Å²) in [5.41, 5.74) is 0. The summed E-state index contributed by atoms with van der Waals surface area (Å²) in [6.07, 6.45) is 1.19. The molecule has 0 spiro atoms. The molecule has 0 saturated carbocycles. The zero-order valence-electron chi connectivity index (χ0n) is 7.58. The number of nitrogens with zero attached hydrogens (tertiary/aromatic N) is 2. The molecule has 1 saturated heterocycles. The molecule has 2 rings (SSSR count). The summed E-state index contributed by atoms with van der Waals surface area (Å²) in [6.45, 7) is 2.16. The molecule has 1 aliphatic heterocycles. The fraction of sp³-hybridized carbons (Fsp3) is 0.444. The first-order valence-corrected chi connectivity index (χ1v) is 6.31. The third-order valence-electron chi connectivity index (χ3n) is 2.27. The Balaban J connectivity index is 2.13. The predicted molar refractivity (Wildman–Crippen MR) is 69.7 cm³/mol. The Hall–Kier alpha value is 0.120. The van der Waals surface area contributed by atoms with E-state index in [1.807, 2.05) is 18.2 Å². The fourth-order valence-corrected chi connectivity index (χ4v) is 2.61. The molecule has 0 unspecified atom stereocenters. The van der Waals surface area contributed by atoms with Gasteiger partial charge in [0.05, 0.1) is 28.9 Å². The highest BCUT2D eigenvalue weighted by molar-refractivity contribution is 14.1. The van der Waals surface area contributed by atoms with Crippen LogP contribution in [0, 0.1) is 0 Å². The summed E-state index contributed by atoms with van der Waals surface area (Å²) < 4.78 is 3.10. The molecule has 76 valence electrons. The fourth-order valence-electron chi connectivity index (χ4n) is 1.54. The van der Waals surface area contributed by atoms with Gasteiger partial charge in [0, 0.05) is 6.54 Å². The first kappa shape index (κ1) is 10.6. The Morgan fingerprint density at radius 1 is 1.57 bits per heavy atom. The molecule has 1 atom stereocenters. The van der Waals surface area contributed by atoms with Gasteiger partial charge in [0.2, 0.25) is 0 Å². The lowest BCUT2D eigenvalue weighted by molar-refractivity contribution is 0.753. The van der Waals surface area contributed by atoms with Gasteiger partial charge in [-0.15, -0.1) is 0 Å². The quantitative estimate of drug-likeness (QED) is 0.494. The van der Waals surface area contributed by atoms with Crippen LogP contribution in [0.25, 0.3) is 0 Å². The van der Waals surface area contributed by atoms with Crippen molar-refractivity contribution in [1.82, 2.24) is 10.3 Å². The molecule has 0 bridgehead atoms. The van der Waals surface area contributed by atoms with Crippen molar-refractivity contribution in [2.75, 3.05) is 16.2 Å². The van der Waals surface area contributed by atoms with Gasteiger partial charge in [-0.25, -0.2) is 4.98 Å². The van der Waals surface area contributed by atoms with E-state index in [2.05, 4.69) is 52.2 Å². The first-order chi connectivity index (χ1) is 6.77. The van der Waals surface area contributed by atoms with Gasteiger partial charge in [-0.2, -0.15) is 0 Å². The lowest BCUT2D eigenvalue weighted by Gasteiger charge is -2.22. The van der Waals surface area contributed by atoms with Crippen LogP contribution in [-0.4, -0.2) is 24.1 Å². The summed E-state index contributed by atoms with van der Waals surface area (Å²) in [5.74, 6) is 1.02. The highest BCUT2D eigenvalue weighted by Gasteiger charge is 2.21. The zero-order valence-corrected chi connectivity index (χ0v) is 11.3. The van der Waals surface area contributed by atoms with E-state index in [-0.39, 0.29) is 0 Å². The molecule has 0 aromatic carbocycles. The van der Waals surface area contributed by atoms with Crippen LogP contribution in [0.1, 0.15) is 6.42 Å². The highest BCUT2D eigenvalue weighted by Crippen LogP contribution is 2.23. The van der Waals surface area contributed by atoms with E-state index in [1.165, 1.54) is 6.42 Å². The van der Waals surface area contributed by atoms with Gasteiger partial charge in [0.1, 0.15) is 10.4 Å². The number of nitrogens with one attached hydrogen (secondary N) is 1. The third kappa shape index (κ3) is 2.38. The molecule has 14 heavy (non-hydrogen) atoms. The van der Waals surface area contributed by atoms with Gasteiger partial charge in [-0.3, -0.25) is 3.11 Å². The number of hydrogen-bond donors (Lipinski definition) is 1. The second kappa shape index (κ2) is 4.76. The highest BCUT2D eigenvalue weighted by atomic mass is 127. The molecule has 0 aliphatic carbocycles. The smallest absolute Gasteiger partial charge is 0.138 e. The number of hydrogen-bond acceptors (Lipinski definition) is 3. The van der Waals surface area contributed by atoms with Crippen LogP contribution in [-0.2, 0) is 0 Å². The zero-order chi connectivity index (χ0) is 9.97. The van der Waals surface area contributed by atoms with Gasteiger partial charge >= 0.3 is 0 Å². The Kier molecular flexibility index (Phi) is 3.62. The van der Waals surface area contributed by atoms with Gasteiger partial charge in [-0.1, -0.05) is 6.07 Å². The van der Waals surface area contributed by atoms with Crippen molar-refractivity contribution >= 4 is 44.6 Å². The van der Waals surface area contributed by atoms with Gasteiger partial charge in [0.25, 0.3) is 0 Å². The minimum atomic E-state index is 0.567.